The number of morpholine rings is 1. The highest BCUT2D eigenvalue weighted by Crippen LogP contribution is 2.16. The minimum absolute atomic E-state index is 0.0230. The van der Waals surface area contributed by atoms with Crippen molar-refractivity contribution in [1.82, 2.24) is 4.90 Å². The number of aliphatic hydroxyl groups is 1. The summed E-state index contributed by atoms with van der Waals surface area (Å²) >= 11 is 0. The van der Waals surface area contributed by atoms with E-state index in [0.717, 1.165) is 26.1 Å². The van der Waals surface area contributed by atoms with Gasteiger partial charge in [-0.3, -0.25) is 4.90 Å². The maximum absolute atomic E-state index is 9.17. The Hall–Kier alpha value is -0.160. The van der Waals surface area contributed by atoms with Gasteiger partial charge < -0.3 is 15.6 Å². The second kappa shape index (κ2) is 5.25. The van der Waals surface area contributed by atoms with E-state index >= 15 is 0 Å². The van der Waals surface area contributed by atoms with Crippen LogP contribution in [-0.4, -0.2) is 54.0 Å². The van der Waals surface area contributed by atoms with Crippen LogP contribution in [0.3, 0.4) is 0 Å². The van der Waals surface area contributed by atoms with E-state index in [1.807, 2.05) is 6.92 Å². The quantitative estimate of drug-likeness (QED) is 0.704. The van der Waals surface area contributed by atoms with Gasteiger partial charge in [0.1, 0.15) is 0 Å². The van der Waals surface area contributed by atoms with E-state index in [1.165, 1.54) is 0 Å². The van der Waals surface area contributed by atoms with E-state index in [0.29, 0.717) is 6.04 Å². The summed E-state index contributed by atoms with van der Waals surface area (Å²) < 4.78 is 5.61. The van der Waals surface area contributed by atoms with E-state index in [1.54, 1.807) is 0 Å². The van der Waals surface area contributed by atoms with Crippen LogP contribution in [0.2, 0.25) is 0 Å². The van der Waals surface area contributed by atoms with Gasteiger partial charge in [-0.1, -0.05) is 6.92 Å². The number of aliphatic hydroxyl groups excluding tert-OH is 1. The van der Waals surface area contributed by atoms with Crippen LogP contribution in [0.25, 0.3) is 0 Å². The molecule has 0 aromatic rings. The van der Waals surface area contributed by atoms with Crippen molar-refractivity contribution in [3.8, 4) is 0 Å². The molecule has 0 spiro atoms. The monoisotopic (exact) mass is 216 g/mol. The number of hydrogen-bond donors (Lipinski definition) is 2. The second-order valence-electron chi connectivity index (χ2n) is 4.95. The smallest absolute Gasteiger partial charge is 0.0674 e. The Morgan fingerprint density at radius 2 is 2.27 bits per heavy atom. The Morgan fingerprint density at radius 1 is 1.60 bits per heavy atom. The normalized spacial score (nSPS) is 32.6. The molecule has 0 saturated carbocycles. The number of nitrogens with zero attached hydrogens (tertiary/aromatic N) is 1. The molecular formula is C11H24N2O2. The Kier molecular flexibility index (Phi) is 4.52. The van der Waals surface area contributed by atoms with E-state index < -0.39 is 5.54 Å². The second-order valence-corrected chi connectivity index (χ2v) is 4.95. The van der Waals surface area contributed by atoms with Gasteiger partial charge in [0, 0.05) is 24.7 Å². The van der Waals surface area contributed by atoms with Crippen LogP contribution in [-0.2, 0) is 4.74 Å². The maximum atomic E-state index is 9.17. The standard InChI is InChI=1S/C11H24N2O2/c1-4-10-6-15-9(2)5-13(10)7-11(3,12)8-14/h9-10,14H,4-8,12H2,1-3H3. The molecule has 4 heteroatoms. The van der Waals surface area contributed by atoms with Gasteiger partial charge in [-0.25, -0.2) is 0 Å². The lowest BCUT2D eigenvalue weighted by atomic mass is 10.0. The molecule has 0 aromatic heterocycles. The molecule has 1 aliphatic rings. The molecular weight excluding hydrogens is 192 g/mol. The summed E-state index contributed by atoms with van der Waals surface area (Å²) in [6, 6.07) is 0.440. The highest BCUT2D eigenvalue weighted by molar-refractivity contribution is 4.87. The largest absolute Gasteiger partial charge is 0.394 e. The van der Waals surface area contributed by atoms with E-state index in [9.17, 15) is 0 Å². The summed E-state index contributed by atoms with van der Waals surface area (Å²) in [6.45, 7) is 8.56. The fourth-order valence-corrected chi connectivity index (χ4v) is 2.00. The van der Waals surface area contributed by atoms with Gasteiger partial charge in [0.2, 0.25) is 0 Å². The predicted octanol–water partition coefficient (Wildman–Crippen LogP) is 0.195. The highest BCUT2D eigenvalue weighted by atomic mass is 16.5. The topological polar surface area (TPSA) is 58.7 Å². The van der Waals surface area contributed by atoms with Crippen molar-refractivity contribution >= 4 is 0 Å². The van der Waals surface area contributed by atoms with Gasteiger partial charge in [0.25, 0.3) is 0 Å². The third-order valence-corrected chi connectivity index (χ3v) is 2.98. The lowest BCUT2D eigenvalue weighted by Crippen LogP contribution is -2.57. The first-order chi connectivity index (χ1) is 6.98. The summed E-state index contributed by atoms with van der Waals surface area (Å²) in [5.74, 6) is 0. The zero-order chi connectivity index (χ0) is 11.5. The van der Waals surface area contributed by atoms with Gasteiger partial charge in [-0.05, 0) is 20.3 Å². The molecule has 1 aliphatic heterocycles. The molecule has 1 saturated heterocycles. The lowest BCUT2D eigenvalue weighted by Gasteiger charge is -2.41. The zero-order valence-electron chi connectivity index (χ0n) is 10.1. The van der Waals surface area contributed by atoms with Crippen molar-refractivity contribution in [2.75, 3.05) is 26.3 Å². The Bertz CT molecular complexity index is 197. The number of ether oxygens (including phenoxy) is 1. The van der Waals surface area contributed by atoms with E-state index in [2.05, 4.69) is 18.7 Å². The first-order valence-electron chi connectivity index (χ1n) is 5.74. The fourth-order valence-electron chi connectivity index (χ4n) is 2.00. The molecule has 3 atom stereocenters. The van der Waals surface area contributed by atoms with E-state index in [4.69, 9.17) is 15.6 Å². The molecule has 90 valence electrons. The van der Waals surface area contributed by atoms with Gasteiger partial charge >= 0.3 is 0 Å². The third kappa shape index (κ3) is 3.72. The molecule has 15 heavy (non-hydrogen) atoms. The highest BCUT2D eigenvalue weighted by Gasteiger charge is 2.30. The Labute approximate surface area is 92.4 Å². The molecule has 0 aromatic carbocycles. The van der Waals surface area contributed by atoms with Gasteiger partial charge in [0.15, 0.2) is 0 Å². The first-order valence-corrected chi connectivity index (χ1v) is 5.74. The fraction of sp³-hybridized carbons (Fsp3) is 1.00. The van der Waals surface area contributed by atoms with Crippen molar-refractivity contribution in [1.29, 1.82) is 0 Å². The van der Waals surface area contributed by atoms with Gasteiger partial charge in [0.05, 0.1) is 19.3 Å². The Balaban J connectivity index is 2.55. The van der Waals surface area contributed by atoms with Crippen LogP contribution >= 0.6 is 0 Å². The molecule has 3 N–H and O–H groups in total. The summed E-state index contributed by atoms with van der Waals surface area (Å²) in [7, 11) is 0. The average molecular weight is 216 g/mol. The molecule has 0 amide bonds. The molecule has 3 unspecified atom stereocenters. The van der Waals surface area contributed by atoms with Crippen molar-refractivity contribution in [2.24, 2.45) is 5.73 Å². The van der Waals surface area contributed by atoms with Crippen LogP contribution in [0, 0.1) is 0 Å². The number of hydrogen-bond acceptors (Lipinski definition) is 4. The minimum Gasteiger partial charge on any atom is -0.394 e. The summed E-state index contributed by atoms with van der Waals surface area (Å²) in [5, 5.41) is 9.17. The van der Waals surface area contributed by atoms with Crippen molar-refractivity contribution in [2.45, 2.75) is 44.9 Å². The zero-order valence-corrected chi connectivity index (χ0v) is 10.1. The van der Waals surface area contributed by atoms with Crippen LogP contribution in [0.5, 0.6) is 0 Å². The Morgan fingerprint density at radius 3 is 2.80 bits per heavy atom. The lowest BCUT2D eigenvalue weighted by molar-refractivity contribution is -0.0640. The average Bonchev–Trinajstić information content (AvgIpc) is 2.18. The molecule has 4 nitrogen and oxygen atoms in total. The SMILES string of the molecule is CCC1COC(C)CN1CC(C)(N)CO. The molecule has 1 rings (SSSR count). The predicted molar refractivity (Wildman–Crippen MR) is 60.7 cm³/mol. The van der Waals surface area contributed by atoms with Crippen LogP contribution in [0.4, 0.5) is 0 Å². The van der Waals surface area contributed by atoms with Gasteiger partial charge in [-0.15, -0.1) is 0 Å². The van der Waals surface area contributed by atoms with E-state index in [-0.39, 0.29) is 12.7 Å². The van der Waals surface area contributed by atoms with Crippen molar-refractivity contribution in [3.63, 3.8) is 0 Å². The van der Waals surface area contributed by atoms with Crippen molar-refractivity contribution < 1.29 is 9.84 Å². The van der Waals surface area contributed by atoms with Crippen LogP contribution in [0.1, 0.15) is 27.2 Å². The maximum Gasteiger partial charge on any atom is 0.0674 e. The molecule has 0 bridgehead atoms. The van der Waals surface area contributed by atoms with Gasteiger partial charge in [-0.2, -0.15) is 0 Å². The van der Waals surface area contributed by atoms with Crippen molar-refractivity contribution in [3.05, 3.63) is 0 Å². The van der Waals surface area contributed by atoms with Crippen LogP contribution < -0.4 is 5.73 Å². The minimum atomic E-state index is -0.509. The molecule has 1 heterocycles. The number of nitrogens with two attached hydrogens (primary N) is 1. The molecule has 0 aliphatic carbocycles. The first kappa shape index (κ1) is 12.9. The summed E-state index contributed by atoms with van der Waals surface area (Å²) in [6.07, 6.45) is 1.33. The third-order valence-electron chi connectivity index (χ3n) is 2.98. The number of rotatable bonds is 4. The summed E-state index contributed by atoms with van der Waals surface area (Å²) in [5.41, 5.74) is 5.47. The molecule has 1 fully saturated rings. The molecule has 0 radical (unpaired) electrons. The summed E-state index contributed by atoms with van der Waals surface area (Å²) in [4.78, 5) is 2.34. The van der Waals surface area contributed by atoms with Crippen LogP contribution in [0.15, 0.2) is 0 Å².